The van der Waals surface area contributed by atoms with Gasteiger partial charge in [0.1, 0.15) is 5.75 Å². The highest BCUT2D eigenvalue weighted by atomic mass is 32.1. The van der Waals surface area contributed by atoms with Crippen LogP contribution in [0, 0.1) is 5.92 Å². The number of carbonyl (C=O) groups excluding carboxylic acids is 1. The van der Waals surface area contributed by atoms with Gasteiger partial charge >= 0.3 is 6.36 Å². The van der Waals surface area contributed by atoms with Crippen LogP contribution < -0.4 is 4.74 Å². The number of likely N-dealkylation sites (tertiary alicyclic amines) is 1. The Labute approximate surface area is 120 Å². The minimum absolute atomic E-state index is 0.0552. The van der Waals surface area contributed by atoms with Crippen molar-refractivity contribution in [1.82, 2.24) is 4.90 Å². The van der Waals surface area contributed by atoms with Crippen LogP contribution in [0.15, 0.2) is 24.3 Å². The summed E-state index contributed by atoms with van der Waals surface area (Å²) in [6.45, 7) is 1.04. The molecule has 0 N–H and O–H groups in total. The zero-order chi connectivity index (χ0) is 14.8. The fourth-order valence-corrected chi connectivity index (χ4v) is 2.39. The van der Waals surface area contributed by atoms with Gasteiger partial charge in [-0.3, -0.25) is 4.79 Å². The molecule has 110 valence electrons. The first kappa shape index (κ1) is 15.0. The SMILES string of the molecule is O=C1CC(CS)CN1Cc1ccc(OC(F)(F)F)cc1. The van der Waals surface area contributed by atoms with Gasteiger partial charge in [-0.25, -0.2) is 0 Å². The summed E-state index contributed by atoms with van der Waals surface area (Å²) in [4.78, 5) is 13.4. The summed E-state index contributed by atoms with van der Waals surface area (Å²) < 4.78 is 39.9. The van der Waals surface area contributed by atoms with E-state index in [1.807, 2.05) is 0 Å². The van der Waals surface area contributed by atoms with Crippen LogP contribution in [0.1, 0.15) is 12.0 Å². The minimum Gasteiger partial charge on any atom is -0.406 e. The topological polar surface area (TPSA) is 29.5 Å². The van der Waals surface area contributed by atoms with Gasteiger partial charge in [-0.05, 0) is 29.4 Å². The van der Waals surface area contributed by atoms with Gasteiger partial charge in [0.05, 0.1) is 0 Å². The number of ether oxygens (including phenoxy) is 1. The summed E-state index contributed by atoms with van der Waals surface area (Å²) in [5.74, 6) is 0.696. The first-order valence-corrected chi connectivity index (χ1v) is 6.74. The molecule has 1 heterocycles. The molecule has 1 unspecified atom stereocenters. The van der Waals surface area contributed by atoms with Crippen LogP contribution in [-0.4, -0.2) is 29.5 Å². The first-order chi connectivity index (χ1) is 9.37. The van der Waals surface area contributed by atoms with Gasteiger partial charge in [-0.1, -0.05) is 12.1 Å². The summed E-state index contributed by atoms with van der Waals surface area (Å²) in [6, 6.07) is 5.56. The average molecular weight is 305 g/mol. The molecule has 3 nitrogen and oxygen atoms in total. The quantitative estimate of drug-likeness (QED) is 0.867. The van der Waals surface area contributed by atoms with E-state index in [1.165, 1.54) is 24.3 Å². The molecule has 1 aliphatic rings. The third-order valence-corrected chi connectivity index (χ3v) is 3.60. The molecule has 1 saturated heterocycles. The monoisotopic (exact) mass is 305 g/mol. The van der Waals surface area contributed by atoms with Gasteiger partial charge in [-0.2, -0.15) is 12.6 Å². The zero-order valence-electron chi connectivity index (χ0n) is 10.6. The van der Waals surface area contributed by atoms with Crippen molar-refractivity contribution in [2.45, 2.75) is 19.3 Å². The van der Waals surface area contributed by atoms with E-state index in [9.17, 15) is 18.0 Å². The van der Waals surface area contributed by atoms with Crippen molar-refractivity contribution in [3.63, 3.8) is 0 Å². The Balaban J connectivity index is 1.96. The van der Waals surface area contributed by atoms with Crippen LogP contribution in [0.2, 0.25) is 0 Å². The Bertz CT molecular complexity index is 475. The third-order valence-electron chi connectivity index (χ3n) is 3.08. The molecule has 0 radical (unpaired) electrons. The van der Waals surface area contributed by atoms with Crippen molar-refractivity contribution in [2.24, 2.45) is 5.92 Å². The predicted molar refractivity (Wildman–Crippen MR) is 70.5 cm³/mol. The molecule has 1 aromatic rings. The van der Waals surface area contributed by atoms with Crippen molar-refractivity contribution >= 4 is 18.5 Å². The Morgan fingerprint density at radius 1 is 1.30 bits per heavy atom. The summed E-state index contributed by atoms with van der Waals surface area (Å²) in [6.07, 6.45) is -4.20. The van der Waals surface area contributed by atoms with E-state index in [1.54, 1.807) is 4.90 Å². The molecule has 1 aromatic carbocycles. The van der Waals surface area contributed by atoms with Gasteiger partial charge in [-0.15, -0.1) is 13.2 Å². The number of amides is 1. The molecular weight excluding hydrogens is 291 g/mol. The maximum atomic E-state index is 12.0. The smallest absolute Gasteiger partial charge is 0.406 e. The number of rotatable bonds is 4. The zero-order valence-corrected chi connectivity index (χ0v) is 11.5. The van der Waals surface area contributed by atoms with Crippen LogP contribution >= 0.6 is 12.6 Å². The average Bonchev–Trinajstić information content (AvgIpc) is 2.71. The van der Waals surface area contributed by atoms with Crippen LogP contribution in [0.5, 0.6) is 5.75 Å². The van der Waals surface area contributed by atoms with Crippen LogP contribution in [-0.2, 0) is 11.3 Å². The number of nitrogens with zero attached hydrogens (tertiary/aromatic N) is 1. The fourth-order valence-electron chi connectivity index (χ4n) is 2.15. The summed E-state index contributed by atoms with van der Waals surface area (Å²) in [7, 11) is 0. The molecule has 1 amide bonds. The van der Waals surface area contributed by atoms with Crippen LogP contribution in [0.4, 0.5) is 13.2 Å². The van der Waals surface area contributed by atoms with Gasteiger partial charge in [0.15, 0.2) is 0 Å². The second-order valence-electron chi connectivity index (χ2n) is 4.72. The lowest BCUT2D eigenvalue weighted by molar-refractivity contribution is -0.274. The van der Waals surface area contributed by atoms with E-state index >= 15 is 0 Å². The molecule has 1 fully saturated rings. The molecular formula is C13H14F3NO2S. The van der Waals surface area contributed by atoms with Crippen molar-refractivity contribution < 1.29 is 22.7 Å². The van der Waals surface area contributed by atoms with E-state index in [0.717, 1.165) is 5.56 Å². The highest BCUT2D eigenvalue weighted by Crippen LogP contribution is 2.24. The molecule has 0 aromatic heterocycles. The van der Waals surface area contributed by atoms with Crippen molar-refractivity contribution in [3.05, 3.63) is 29.8 Å². The van der Waals surface area contributed by atoms with Gasteiger partial charge < -0.3 is 9.64 Å². The highest BCUT2D eigenvalue weighted by Gasteiger charge is 2.31. The normalized spacial score (nSPS) is 19.5. The lowest BCUT2D eigenvalue weighted by Crippen LogP contribution is -2.24. The minimum atomic E-state index is -4.69. The van der Waals surface area contributed by atoms with E-state index in [0.29, 0.717) is 25.3 Å². The molecule has 2 rings (SSSR count). The third kappa shape index (κ3) is 4.06. The number of alkyl halides is 3. The van der Waals surface area contributed by atoms with E-state index < -0.39 is 6.36 Å². The van der Waals surface area contributed by atoms with E-state index in [4.69, 9.17) is 0 Å². The second-order valence-corrected chi connectivity index (χ2v) is 5.08. The first-order valence-electron chi connectivity index (χ1n) is 6.10. The maximum Gasteiger partial charge on any atom is 0.573 e. The number of hydrogen-bond acceptors (Lipinski definition) is 3. The molecule has 0 bridgehead atoms. The Morgan fingerprint density at radius 3 is 2.45 bits per heavy atom. The molecule has 20 heavy (non-hydrogen) atoms. The van der Waals surface area contributed by atoms with Crippen LogP contribution in [0.3, 0.4) is 0 Å². The molecule has 1 atom stereocenters. The lowest BCUT2D eigenvalue weighted by atomic mass is 10.1. The Hall–Kier alpha value is -1.37. The Kier molecular flexibility index (Phi) is 4.47. The molecule has 0 spiro atoms. The standard InChI is InChI=1S/C13H14F3NO2S/c14-13(15,16)19-11-3-1-9(2-4-11)6-17-7-10(8-20)5-12(17)18/h1-4,10,20H,5-8H2. The molecule has 7 heteroatoms. The number of benzene rings is 1. The largest absolute Gasteiger partial charge is 0.573 e. The van der Waals surface area contributed by atoms with Gasteiger partial charge in [0, 0.05) is 19.5 Å². The number of halogens is 3. The molecule has 1 aliphatic heterocycles. The van der Waals surface area contributed by atoms with Crippen LogP contribution in [0.25, 0.3) is 0 Å². The fraction of sp³-hybridized carbons (Fsp3) is 0.462. The van der Waals surface area contributed by atoms with Crippen molar-refractivity contribution in [1.29, 1.82) is 0 Å². The summed E-state index contributed by atoms with van der Waals surface area (Å²) in [5.41, 5.74) is 0.771. The van der Waals surface area contributed by atoms with Gasteiger partial charge in [0.2, 0.25) is 5.91 Å². The Morgan fingerprint density at radius 2 is 1.95 bits per heavy atom. The number of carbonyl (C=O) groups is 1. The summed E-state index contributed by atoms with van der Waals surface area (Å²) >= 11 is 4.17. The van der Waals surface area contributed by atoms with Gasteiger partial charge in [0.25, 0.3) is 0 Å². The van der Waals surface area contributed by atoms with Crippen molar-refractivity contribution in [2.75, 3.05) is 12.3 Å². The van der Waals surface area contributed by atoms with Crippen molar-refractivity contribution in [3.8, 4) is 5.75 Å². The second kappa shape index (κ2) is 5.95. The highest BCUT2D eigenvalue weighted by molar-refractivity contribution is 7.80. The summed E-state index contributed by atoms with van der Waals surface area (Å²) in [5, 5.41) is 0. The molecule has 0 aliphatic carbocycles. The lowest BCUT2D eigenvalue weighted by Gasteiger charge is -2.17. The number of hydrogen-bond donors (Lipinski definition) is 1. The molecule has 0 saturated carbocycles. The predicted octanol–water partition coefficient (Wildman–Crippen LogP) is 2.86. The number of thiol groups is 1. The van der Waals surface area contributed by atoms with E-state index in [-0.39, 0.29) is 17.6 Å². The van der Waals surface area contributed by atoms with E-state index in [2.05, 4.69) is 17.4 Å². The maximum absolute atomic E-state index is 12.0.